The molecule has 1 aromatic heterocycles. The highest BCUT2D eigenvalue weighted by molar-refractivity contribution is 7.10. The molecule has 2 rings (SSSR count). The average molecular weight is 283 g/mol. The van der Waals surface area contributed by atoms with Crippen LogP contribution in [0.4, 0.5) is 4.79 Å². The van der Waals surface area contributed by atoms with E-state index in [0.29, 0.717) is 13.1 Å². The lowest BCUT2D eigenvalue weighted by atomic mass is 10.2. The molecule has 1 aliphatic rings. The lowest BCUT2D eigenvalue weighted by molar-refractivity contribution is 0.218. The van der Waals surface area contributed by atoms with Crippen LogP contribution in [0.25, 0.3) is 0 Å². The number of aliphatic hydroxyl groups is 1. The fourth-order valence-corrected chi connectivity index (χ4v) is 3.23. The Kier molecular flexibility index (Phi) is 5.62. The van der Waals surface area contributed by atoms with Crippen LogP contribution < -0.4 is 10.6 Å². The second-order valence-corrected chi connectivity index (χ2v) is 5.61. The zero-order valence-electron chi connectivity index (χ0n) is 11.0. The Bertz CT molecular complexity index is 377. The molecule has 0 saturated carbocycles. The number of nitrogens with zero attached hydrogens (tertiary/aromatic N) is 1. The molecule has 0 aromatic carbocycles. The first-order valence-corrected chi connectivity index (χ1v) is 7.59. The Balaban J connectivity index is 1.89. The average Bonchev–Trinajstić information content (AvgIpc) is 3.09. The quantitative estimate of drug-likeness (QED) is 0.734. The first-order valence-electron chi connectivity index (χ1n) is 6.71. The van der Waals surface area contributed by atoms with Gasteiger partial charge in [-0.1, -0.05) is 6.07 Å². The maximum absolute atomic E-state index is 11.5. The summed E-state index contributed by atoms with van der Waals surface area (Å²) in [4.78, 5) is 15.3. The molecule has 6 heteroatoms. The number of rotatable bonds is 6. The maximum Gasteiger partial charge on any atom is 0.314 e. The topological polar surface area (TPSA) is 64.6 Å². The Hall–Kier alpha value is -1.11. The number of aliphatic hydroxyl groups excluding tert-OH is 1. The van der Waals surface area contributed by atoms with E-state index < -0.39 is 0 Å². The monoisotopic (exact) mass is 283 g/mol. The van der Waals surface area contributed by atoms with Gasteiger partial charge in [-0.2, -0.15) is 0 Å². The van der Waals surface area contributed by atoms with Crippen molar-refractivity contribution >= 4 is 17.4 Å². The van der Waals surface area contributed by atoms with Crippen molar-refractivity contribution < 1.29 is 9.90 Å². The van der Waals surface area contributed by atoms with Gasteiger partial charge >= 0.3 is 6.03 Å². The van der Waals surface area contributed by atoms with Gasteiger partial charge in [0.05, 0.1) is 12.6 Å². The Morgan fingerprint density at radius 1 is 1.42 bits per heavy atom. The Labute approximate surface area is 117 Å². The van der Waals surface area contributed by atoms with Gasteiger partial charge in [0.1, 0.15) is 0 Å². The van der Waals surface area contributed by atoms with Gasteiger partial charge in [-0.25, -0.2) is 4.79 Å². The van der Waals surface area contributed by atoms with Crippen LogP contribution in [-0.4, -0.2) is 48.8 Å². The van der Waals surface area contributed by atoms with E-state index in [4.69, 9.17) is 5.11 Å². The van der Waals surface area contributed by atoms with Crippen LogP contribution in [0, 0.1) is 0 Å². The predicted octanol–water partition coefficient (Wildman–Crippen LogP) is 1.18. The van der Waals surface area contributed by atoms with Gasteiger partial charge in [0, 0.05) is 18.0 Å². The van der Waals surface area contributed by atoms with Gasteiger partial charge in [-0.3, -0.25) is 4.90 Å². The van der Waals surface area contributed by atoms with E-state index in [1.165, 1.54) is 17.7 Å². The standard InChI is InChI=1S/C13H21N3O2S/c17-8-5-14-13(18)15-10-11(12-4-3-9-19-12)16-6-1-2-7-16/h3-4,9,11,17H,1-2,5-8,10H2,(H2,14,15,18). The van der Waals surface area contributed by atoms with Crippen LogP contribution in [-0.2, 0) is 0 Å². The van der Waals surface area contributed by atoms with Crippen LogP contribution in [0.1, 0.15) is 23.8 Å². The summed E-state index contributed by atoms with van der Waals surface area (Å²) in [5.74, 6) is 0. The summed E-state index contributed by atoms with van der Waals surface area (Å²) in [6.45, 7) is 3.07. The molecule has 1 aliphatic heterocycles. The Morgan fingerprint density at radius 2 is 2.21 bits per heavy atom. The highest BCUT2D eigenvalue weighted by Gasteiger charge is 2.24. The van der Waals surface area contributed by atoms with Gasteiger partial charge in [0.25, 0.3) is 0 Å². The summed E-state index contributed by atoms with van der Waals surface area (Å²) in [7, 11) is 0. The van der Waals surface area contributed by atoms with E-state index in [2.05, 4.69) is 33.0 Å². The second-order valence-electron chi connectivity index (χ2n) is 4.63. The van der Waals surface area contributed by atoms with Gasteiger partial charge in [-0.05, 0) is 37.4 Å². The molecule has 1 atom stereocenters. The first kappa shape index (κ1) is 14.3. The van der Waals surface area contributed by atoms with Crippen molar-refractivity contribution in [3.63, 3.8) is 0 Å². The summed E-state index contributed by atoms with van der Waals surface area (Å²) < 4.78 is 0. The highest BCUT2D eigenvalue weighted by Crippen LogP contribution is 2.27. The van der Waals surface area contributed by atoms with Crippen molar-refractivity contribution in [1.29, 1.82) is 0 Å². The largest absolute Gasteiger partial charge is 0.395 e. The number of thiophene rings is 1. The predicted molar refractivity (Wildman–Crippen MR) is 76.4 cm³/mol. The van der Waals surface area contributed by atoms with E-state index in [-0.39, 0.29) is 18.7 Å². The molecular formula is C13H21N3O2S. The van der Waals surface area contributed by atoms with E-state index in [1.54, 1.807) is 11.3 Å². The van der Waals surface area contributed by atoms with Crippen molar-refractivity contribution in [1.82, 2.24) is 15.5 Å². The fourth-order valence-electron chi connectivity index (χ4n) is 2.37. The summed E-state index contributed by atoms with van der Waals surface area (Å²) in [6.07, 6.45) is 2.47. The molecular weight excluding hydrogens is 262 g/mol. The van der Waals surface area contributed by atoms with E-state index in [1.807, 2.05) is 0 Å². The van der Waals surface area contributed by atoms with Crippen molar-refractivity contribution in [3.05, 3.63) is 22.4 Å². The van der Waals surface area contributed by atoms with Gasteiger partial charge in [0.2, 0.25) is 0 Å². The number of hydrogen-bond donors (Lipinski definition) is 3. The minimum absolute atomic E-state index is 0.0338. The summed E-state index contributed by atoms with van der Waals surface area (Å²) in [6, 6.07) is 4.23. The Morgan fingerprint density at radius 3 is 2.84 bits per heavy atom. The van der Waals surface area contributed by atoms with Crippen LogP contribution in [0.3, 0.4) is 0 Å². The molecule has 0 aliphatic carbocycles. The SMILES string of the molecule is O=C(NCCO)NCC(c1cccs1)N1CCCC1. The zero-order chi connectivity index (χ0) is 13.5. The van der Waals surface area contributed by atoms with Crippen LogP contribution >= 0.6 is 11.3 Å². The highest BCUT2D eigenvalue weighted by atomic mass is 32.1. The lowest BCUT2D eigenvalue weighted by Gasteiger charge is -2.26. The molecule has 1 saturated heterocycles. The summed E-state index contributed by atoms with van der Waals surface area (Å²) >= 11 is 1.73. The molecule has 5 nitrogen and oxygen atoms in total. The van der Waals surface area contributed by atoms with Crippen molar-refractivity contribution in [3.8, 4) is 0 Å². The molecule has 2 heterocycles. The zero-order valence-corrected chi connectivity index (χ0v) is 11.8. The molecule has 0 spiro atoms. The van der Waals surface area contributed by atoms with E-state index >= 15 is 0 Å². The third-order valence-corrected chi connectivity index (χ3v) is 4.28. The third-order valence-electron chi connectivity index (χ3n) is 3.31. The molecule has 1 fully saturated rings. The van der Waals surface area contributed by atoms with E-state index in [0.717, 1.165) is 13.1 Å². The molecule has 106 valence electrons. The number of carbonyl (C=O) groups excluding carboxylic acids is 1. The van der Waals surface area contributed by atoms with Crippen LogP contribution in [0.2, 0.25) is 0 Å². The number of nitrogens with one attached hydrogen (secondary N) is 2. The minimum atomic E-state index is -0.213. The molecule has 19 heavy (non-hydrogen) atoms. The molecule has 2 amide bonds. The van der Waals surface area contributed by atoms with Crippen molar-refractivity contribution in [2.75, 3.05) is 32.8 Å². The normalized spacial score (nSPS) is 17.3. The van der Waals surface area contributed by atoms with Gasteiger partial charge in [0.15, 0.2) is 0 Å². The van der Waals surface area contributed by atoms with Crippen molar-refractivity contribution in [2.45, 2.75) is 18.9 Å². The number of urea groups is 1. The number of hydrogen-bond acceptors (Lipinski definition) is 4. The molecule has 0 radical (unpaired) electrons. The smallest absolute Gasteiger partial charge is 0.314 e. The molecule has 1 unspecified atom stereocenters. The lowest BCUT2D eigenvalue weighted by Crippen LogP contribution is -2.42. The van der Waals surface area contributed by atoms with Crippen molar-refractivity contribution in [2.24, 2.45) is 0 Å². The summed E-state index contributed by atoms with van der Waals surface area (Å²) in [5, 5.41) is 16.2. The molecule has 1 aromatic rings. The van der Waals surface area contributed by atoms with Crippen LogP contribution in [0.15, 0.2) is 17.5 Å². The second kappa shape index (κ2) is 7.47. The summed E-state index contributed by atoms with van der Waals surface area (Å²) in [5.41, 5.74) is 0. The van der Waals surface area contributed by atoms with E-state index in [9.17, 15) is 4.79 Å². The molecule has 3 N–H and O–H groups in total. The number of amides is 2. The minimum Gasteiger partial charge on any atom is -0.395 e. The first-order chi connectivity index (χ1) is 9.31. The third kappa shape index (κ3) is 4.19. The van der Waals surface area contributed by atoms with Gasteiger partial charge < -0.3 is 15.7 Å². The van der Waals surface area contributed by atoms with Crippen LogP contribution in [0.5, 0.6) is 0 Å². The molecule has 0 bridgehead atoms. The fraction of sp³-hybridized carbons (Fsp3) is 0.615. The number of carbonyl (C=O) groups is 1. The number of likely N-dealkylation sites (tertiary alicyclic amines) is 1. The maximum atomic E-state index is 11.5. The van der Waals surface area contributed by atoms with Gasteiger partial charge in [-0.15, -0.1) is 11.3 Å².